The Labute approximate surface area is 165 Å². The van der Waals surface area contributed by atoms with Crippen LogP contribution in [0.3, 0.4) is 0 Å². The van der Waals surface area contributed by atoms with Gasteiger partial charge < -0.3 is 9.84 Å². The monoisotopic (exact) mass is 431 g/mol. The maximum atomic E-state index is 14.2. The zero-order valence-corrected chi connectivity index (χ0v) is 16.5. The summed E-state index contributed by atoms with van der Waals surface area (Å²) in [6.07, 6.45) is 0.403. The molecule has 1 fully saturated rings. The summed E-state index contributed by atoms with van der Waals surface area (Å²) < 4.78 is 42.3. The molecular weight excluding hydrogens is 417 g/mol. The second-order valence-electron chi connectivity index (χ2n) is 6.09. The first-order chi connectivity index (χ1) is 12.7. The Morgan fingerprint density at radius 3 is 2.81 bits per heavy atom. The molecule has 27 heavy (non-hydrogen) atoms. The lowest BCUT2D eigenvalue weighted by molar-refractivity contribution is 0.0975. The quantitative estimate of drug-likeness (QED) is 0.718. The molecule has 7 nitrogen and oxygen atoms in total. The third-order valence-electron chi connectivity index (χ3n) is 4.08. The van der Waals surface area contributed by atoms with Crippen LogP contribution in [0.1, 0.15) is 22.5 Å². The van der Waals surface area contributed by atoms with Gasteiger partial charge in [0, 0.05) is 6.04 Å². The molecule has 0 aliphatic carbocycles. The lowest BCUT2D eigenvalue weighted by Crippen LogP contribution is -2.45. The van der Waals surface area contributed by atoms with Crippen molar-refractivity contribution in [1.29, 1.82) is 0 Å². The predicted octanol–water partition coefficient (Wildman–Crippen LogP) is 2.23. The van der Waals surface area contributed by atoms with Crippen LogP contribution in [-0.2, 0) is 9.84 Å². The minimum absolute atomic E-state index is 0.00908. The van der Waals surface area contributed by atoms with Crippen LogP contribution < -0.4 is 10.6 Å². The number of rotatable bonds is 3. The number of aromatic nitrogens is 1. The van der Waals surface area contributed by atoms with Crippen LogP contribution in [0.2, 0.25) is 5.02 Å². The number of thiocarbonyl (C=S) groups is 1. The third-order valence-corrected chi connectivity index (χ3v) is 6.39. The van der Waals surface area contributed by atoms with Crippen molar-refractivity contribution in [2.45, 2.75) is 19.4 Å². The van der Waals surface area contributed by atoms with Crippen LogP contribution in [0.5, 0.6) is 0 Å². The van der Waals surface area contributed by atoms with E-state index in [-0.39, 0.29) is 50.3 Å². The molecular formula is C16H15ClFN3O4S2. The molecule has 2 N–H and O–H groups in total. The molecule has 1 atom stereocenters. The smallest absolute Gasteiger partial charge is 0.263 e. The number of carbonyl (C=O) groups excluding carboxylic acids is 1. The van der Waals surface area contributed by atoms with Crippen LogP contribution in [0, 0.1) is 12.7 Å². The summed E-state index contributed by atoms with van der Waals surface area (Å²) in [5.74, 6) is -1.14. The van der Waals surface area contributed by atoms with Crippen molar-refractivity contribution < 1.29 is 22.1 Å². The number of halogens is 2. The largest absolute Gasteiger partial charge is 0.360 e. The number of hydrogen-bond acceptors (Lipinski definition) is 6. The number of nitrogens with one attached hydrogen (secondary N) is 2. The topological polar surface area (TPSA) is 101 Å². The van der Waals surface area contributed by atoms with Gasteiger partial charge in [-0.15, -0.1) is 0 Å². The molecule has 0 saturated carbocycles. The number of hydrogen-bond donors (Lipinski definition) is 2. The molecule has 11 heteroatoms. The van der Waals surface area contributed by atoms with Crippen LogP contribution in [0.4, 0.5) is 4.39 Å². The molecule has 0 bridgehead atoms. The molecule has 1 saturated heterocycles. The highest BCUT2D eigenvalue weighted by Gasteiger charge is 2.30. The molecule has 0 spiro atoms. The van der Waals surface area contributed by atoms with Gasteiger partial charge in [0.15, 0.2) is 14.9 Å². The minimum atomic E-state index is -3.09. The fraction of sp³-hybridized carbons (Fsp3) is 0.312. The molecule has 2 heterocycles. The molecule has 1 aromatic heterocycles. The van der Waals surface area contributed by atoms with E-state index >= 15 is 0 Å². The Bertz CT molecular complexity index is 1000. The van der Waals surface area contributed by atoms with E-state index in [9.17, 15) is 17.6 Å². The SMILES string of the molecule is Cc1onc(-c2c(F)cccc2Cl)c1C(=O)NC(=S)N[C@H]1CCS(=O)(=O)C1. The first-order valence-electron chi connectivity index (χ1n) is 7.91. The van der Waals surface area contributed by atoms with Crippen molar-refractivity contribution in [3.05, 3.63) is 40.4 Å². The fourth-order valence-electron chi connectivity index (χ4n) is 2.83. The van der Waals surface area contributed by atoms with E-state index in [1.165, 1.54) is 25.1 Å². The zero-order valence-electron chi connectivity index (χ0n) is 14.1. The van der Waals surface area contributed by atoms with E-state index in [0.29, 0.717) is 6.42 Å². The van der Waals surface area contributed by atoms with Gasteiger partial charge in [-0.1, -0.05) is 22.8 Å². The number of carbonyl (C=O) groups is 1. The molecule has 1 amide bonds. The summed E-state index contributed by atoms with van der Waals surface area (Å²) in [5.41, 5.74) is -0.105. The van der Waals surface area contributed by atoms with Crippen molar-refractivity contribution in [1.82, 2.24) is 15.8 Å². The number of aryl methyl sites for hydroxylation is 1. The van der Waals surface area contributed by atoms with Crippen LogP contribution >= 0.6 is 23.8 Å². The maximum absolute atomic E-state index is 14.2. The highest BCUT2D eigenvalue weighted by molar-refractivity contribution is 7.91. The normalized spacial score (nSPS) is 18.3. The predicted molar refractivity (Wildman–Crippen MR) is 102 cm³/mol. The number of sulfone groups is 1. The van der Waals surface area contributed by atoms with Crippen molar-refractivity contribution in [2.24, 2.45) is 0 Å². The highest BCUT2D eigenvalue weighted by Crippen LogP contribution is 2.33. The highest BCUT2D eigenvalue weighted by atomic mass is 35.5. The summed E-state index contributed by atoms with van der Waals surface area (Å²) in [4.78, 5) is 12.6. The summed E-state index contributed by atoms with van der Waals surface area (Å²) in [6, 6.07) is 3.73. The standard InChI is InChI=1S/C16H15ClFN3O4S2/c1-8-12(14(21-25-8)13-10(17)3-2-4-11(13)18)15(22)20-16(26)19-9-5-6-27(23,24)7-9/h2-4,9H,5-7H2,1H3,(H2,19,20,22,26)/t9-/m0/s1. The Hall–Kier alpha value is -2.04. The van der Waals surface area contributed by atoms with E-state index in [4.69, 9.17) is 28.3 Å². The number of benzene rings is 1. The lowest BCUT2D eigenvalue weighted by atomic mass is 10.0. The Kier molecular flexibility index (Phi) is 5.50. The summed E-state index contributed by atoms with van der Waals surface area (Å²) in [7, 11) is -3.09. The van der Waals surface area contributed by atoms with E-state index in [1.807, 2.05) is 0 Å². The van der Waals surface area contributed by atoms with Gasteiger partial charge in [-0.2, -0.15) is 0 Å². The van der Waals surface area contributed by atoms with E-state index in [0.717, 1.165) is 0 Å². The van der Waals surface area contributed by atoms with Crippen LogP contribution in [-0.4, -0.2) is 42.1 Å². The van der Waals surface area contributed by atoms with Gasteiger partial charge in [0.25, 0.3) is 5.91 Å². The molecule has 1 aliphatic rings. The number of nitrogens with zero attached hydrogens (tertiary/aromatic N) is 1. The molecule has 0 radical (unpaired) electrons. The van der Waals surface area contributed by atoms with Gasteiger partial charge in [-0.25, -0.2) is 12.8 Å². The van der Waals surface area contributed by atoms with E-state index < -0.39 is 21.6 Å². The Balaban J connectivity index is 1.80. The van der Waals surface area contributed by atoms with Crippen molar-refractivity contribution in [2.75, 3.05) is 11.5 Å². The third kappa shape index (κ3) is 4.28. The van der Waals surface area contributed by atoms with Crippen LogP contribution in [0.25, 0.3) is 11.3 Å². The maximum Gasteiger partial charge on any atom is 0.263 e. The lowest BCUT2D eigenvalue weighted by Gasteiger charge is -2.14. The second kappa shape index (κ2) is 7.53. The Morgan fingerprint density at radius 2 is 2.19 bits per heavy atom. The summed E-state index contributed by atoms with van der Waals surface area (Å²) in [6.45, 7) is 1.50. The van der Waals surface area contributed by atoms with Gasteiger partial charge in [-0.05, 0) is 37.7 Å². The van der Waals surface area contributed by atoms with Gasteiger partial charge in [0.2, 0.25) is 0 Å². The Morgan fingerprint density at radius 1 is 1.44 bits per heavy atom. The van der Waals surface area contributed by atoms with Crippen LogP contribution in [0.15, 0.2) is 22.7 Å². The second-order valence-corrected chi connectivity index (χ2v) is 9.13. The molecule has 0 unspecified atom stereocenters. The first-order valence-corrected chi connectivity index (χ1v) is 10.5. The average Bonchev–Trinajstić information content (AvgIpc) is 3.09. The van der Waals surface area contributed by atoms with Gasteiger partial charge in [0.1, 0.15) is 22.8 Å². The van der Waals surface area contributed by atoms with Crippen molar-refractivity contribution in [3.63, 3.8) is 0 Å². The summed E-state index contributed by atoms with van der Waals surface area (Å²) in [5, 5.41) is 9.04. The van der Waals surface area contributed by atoms with Crippen molar-refractivity contribution >= 4 is 44.7 Å². The number of amides is 1. The van der Waals surface area contributed by atoms with Gasteiger partial charge in [0.05, 0.1) is 22.1 Å². The van der Waals surface area contributed by atoms with Crippen molar-refractivity contribution in [3.8, 4) is 11.3 Å². The first kappa shape index (κ1) is 19.7. The van der Waals surface area contributed by atoms with Gasteiger partial charge in [-0.3, -0.25) is 10.1 Å². The van der Waals surface area contributed by atoms with E-state index in [2.05, 4.69) is 15.8 Å². The molecule has 3 rings (SSSR count). The fourth-order valence-corrected chi connectivity index (χ4v) is 5.02. The summed E-state index contributed by atoms with van der Waals surface area (Å²) >= 11 is 11.1. The molecule has 1 aromatic carbocycles. The minimum Gasteiger partial charge on any atom is -0.360 e. The molecule has 1 aliphatic heterocycles. The molecule has 144 valence electrons. The molecule has 2 aromatic rings. The van der Waals surface area contributed by atoms with Gasteiger partial charge >= 0.3 is 0 Å². The average molecular weight is 432 g/mol. The van der Waals surface area contributed by atoms with E-state index in [1.54, 1.807) is 0 Å². The zero-order chi connectivity index (χ0) is 19.8.